The number of furan rings is 1. The molecule has 0 spiro atoms. The zero-order valence-corrected chi connectivity index (χ0v) is 15.6. The summed E-state index contributed by atoms with van der Waals surface area (Å²) in [5.74, 6) is 1.13. The molecule has 0 saturated carbocycles. The molecule has 144 valence electrons. The number of hydrogen-bond donors (Lipinski definition) is 2. The highest BCUT2D eigenvalue weighted by atomic mass is 16.3. The molecule has 9 heteroatoms. The average Bonchev–Trinajstić information content (AvgIpc) is 3.46. The Morgan fingerprint density at radius 1 is 1.10 bits per heavy atom. The van der Waals surface area contributed by atoms with Gasteiger partial charge in [-0.05, 0) is 24.6 Å². The highest BCUT2D eigenvalue weighted by Crippen LogP contribution is 2.34. The molecule has 4 N–H and O–H groups in total. The Labute approximate surface area is 165 Å². The SMILES string of the molecule is C=C(N)C(C)(c1ccccc1)n1ncc2c1nc(N)n1nc(-c3ccco3)nc21. The second kappa shape index (κ2) is 5.93. The molecule has 5 rings (SSSR count). The molecular formula is C20H18N8O. The molecule has 29 heavy (non-hydrogen) atoms. The number of aromatic nitrogens is 6. The number of nitrogens with two attached hydrogens (primary N) is 2. The van der Waals surface area contributed by atoms with Crippen LogP contribution in [0, 0.1) is 0 Å². The summed E-state index contributed by atoms with van der Waals surface area (Å²) in [6, 6.07) is 13.3. The maximum Gasteiger partial charge on any atom is 0.225 e. The van der Waals surface area contributed by atoms with E-state index < -0.39 is 5.54 Å². The first-order valence-corrected chi connectivity index (χ1v) is 8.95. The van der Waals surface area contributed by atoms with E-state index in [1.807, 2.05) is 37.3 Å². The molecule has 0 saturated heterocycles. The Balaban J connectivity index is 1.79. The monoisotopic (exact) mass is 386 g/mol. The molecule has 9 nitrogen and oxygen atoms in total. The number of hydrogen-bond acceptors (Lipinski definition) is 7. The second-order valence-electron chi connectivity index (χ2n) is 6.88. The lowest BCUT2D eigenvalue weighted by Gasteiger charge is -2.31. The molecule has 0 bridgehead atoms. The minimum Gasteiger partial charge on any atom is -0.461 e. The average molecular weight is 386 g/mol. The fourth-order valence-corrected chi connectivity index (χ4v) is 3.45. The summed E-state index contributed by atoms with van der Waals surface area (Å²) in [6.45, 7) is 5.94. The van der Waals surface area contributed by atoms with E-state index in [0.717, 1.165) is 5.56 Å². The van der Waals surface area contributed by atoms with Crippen LogP contribution in [-0.2, 0) is 5.54 Å². The van der Waals surface area contributed by atoms with Crippen LogP contribution in [0.1, 0.15) is 12.5 Å². The summed E-state index contributed by atoms with van der Waals surface area (Å²) < 4.78 is 8.60. The van der Waals surface area contributed by atoms with Crippen molar-refractivity contribution in [3.8, 4) is 11.6 Å². The van der Waals surface area contributed by atoms with Gasteiger partial charge in [-0.3, -0.25) is 0 Å². The quantitative estimate of drug-likeness (QED) is 0.486. The van der Waals surface area contributed by atoms with Gasteiger partial charge < -0.3 is 15.9 Å². The molecule has 0 radical (unpaired) electrons. The topological polar surface area (TPSA) is 126 Å². The van der Waals surface area contributed by atoms with E-state index >= 15 is 0 Å². The summed E-state index contributed by atoms with van der Waals surface area (Å²) in [5.41, 5.74) is 14.0. The predicted molar refractivity (Wildman–Crippen MR) is 109 cm³/mol. The van der Waals surface area contributed by atoms with Gasteiger partial charge in [0.25, 0.3) is 0 Å². The van der Waals surface area contributed by atoms with Crippen molar-refractivity contribution in [3.63, 3.8) is 0 Å². The first-order valence-electron chi connectivity index (χ1n) is 8.95. The molecule has 0 aliphatic carbocycles. The van der Waals surface area contributed by atoms with Crippen molar-refractivity contribution in [2.45, 2.75) is 12.5 Å². The molecular weight excluding hydrogens is 368 g/mol. The third kappa shape index (κ3) is 2.34. The Kier molecular flexibility index (Phi) is 3.47. The molecule has 1 aromatic carbocycles. The van der Waals surface area contributed by atoms with Crippen molar-refractivity contribution in [3.05, 3.63) is 72.8 Å². The van der Waals surface area contributed by atoms with Crippen molar-refractivity contribution in [1.82, 2.24) is 29.4 Å². The van der Waals surface area contributed by atoms with E-state index in [1.54, 1.807) is 29.3 Å². The van der Waals surface area contributed by atoms with Crippen molar-refractivity contribution in [2.24, 2.45) is 5.73 Å². The zero-order valence-electron chi connectivity index (χ0n) is 15.6. The Hall–Kier alpha value is -4.14. The Morgan fingerprint density at radius 2 is 1.90 bits per heavy atom. The van der Waals surface area contributed by atoms with E-state index in [0.29, 0.717) is 34.0 Å². The summed E-state index contributed by atoms with van der Waals surface area (Å²) in [5, 5.41) is 9.68. The molecule has 0 aliphatic heterocycles. The Morgan fingerprint density at radius 3 is 2.59 bits per heavy atom. The molecule has 1 unspecified atom stereocenters. The number of anilines is 1. The molecule has 0 amide bonds. The zero-order chi connectivity index (χ0) is 20.2. The largest absolute Gasteiger partial charge is 0.461 e. The summed E-state index contributed by atoms with van der Waals surface area (Å²) in [6.07, 6.45) is 3.25. The van der Waals surface area contributed by atoms with E-state index in [9.17, 15) is 0 Å². The minimum atomic E-state index is -0.829. The van der Waals surface area contributed by atoms with E-state index in [4.69, 9.17) is 15.9 Å². The first kappa shape index (κ1) is 17.0. The molecule has 0 aliphatic rings. The van der Waals surface area contributed by atoms with E-state index in [-0.39, 0.29) is 5.95 Å². The summed E-state index contributed by atoms with van der Waals surface area (Å²) in [4.78, 5) is 9.13. The number of fused-ring (bicyclic) bond motifs is 3. The number of benzene rings is 1. The predicted octanol–water partition coefficient (Wildman–Crippen LogP) is 2.55. The lowest BCUT2D eigenvalue weighted by molar-refractivity contribution is 0.425. The van der Waals surface area contributed by atoms with Crippen LogP contribution in [0.2, 0.25) is 0 Å². The van der Waals surface area contributed by atoms with Gasteiger partial charge >= 0.3 is 0 Å². The molecule has 4 heterocycles. The van der Waals surface area contributed by atoms with Crippen molar-refractivity contribution < 1.29 is 4.42 Å². The van der Waals surface area contributed by atoms with E-state index in [2.05, 4.69) is 26.7 Å². The first-order chi connectivity index (χ1) is 14.0. The highest BCUT2D eigenvalue weighted by molar-refractivity contribution is 5.90. The van der Waals surface area contributed by atoms with Gasteiger partial charge in [0.1, 0.15) is 5.54 Å². The van der Waals surface area contributed by atoms with Gasteiger partial charge in [-0.1, -0.05) is 36.9 Å². The van der Waals surface area contributed by atoms with Crippen LogP contribution in [0.3, 0.4) is 0 Å². The lowest BCUT2D eigenvalue weighted by atomic mass is 9.89. The maximum atomic E-state index is 6.24. The normalized spacial score (nSPS) is 13.7. The maximum absolute atomic E-state index is 6.24. The molecule has 0 fully saturated rings. The summed E-state index contributed by atoms with van der Waals surface area (Å²) in [7, 11) is 0. The van der Waals surface area contributed by atoms with Crippen LogP contribution in [0.25, 0.3) is 28.3 Å². The minimum absolute atomic E-state index is 0.178. The fraction of sp³-hybridized carbons (Fsp3) is 0.100. The van der Waals surface area contributed by atoms with Crippen molar-refractivity contribution in [1.29, 1.82) is 0 Å². The van der Waals surface area contributed by atoms with Gasteiger partial charge in [0.15, 0.2) is 17.1 Å². The van der Waals surface area contributed by atoms with Crippen LogP contribution in [0.5, 0.6) is 0 Å². The van der Waals surface area contributed by atoms with Gasteiger partial charge in [0.2, 0.25) is 11.8 Å². The standard InChI is InChI=1S/C20H18N8O/c1-12(21)20(2,13-7-4-3-5-8-13)28-18-14(11-23-28)17-24-16(15-9-6-10-29-15)26-27(17)19(22)25-18/h3-11H,1,21H2,2H3,(H2,22,25). The van der Waals surface area contributed by atoms with Crippen molar-refractivity contribution >= 4 is 22.6 Å². The van der Waals surface area contributed by atoms with Crippen LogP contribution >= 0.6 is 0 Å². The molecule has 4 aromatic heterocycles. The van der Waals surface area contributed by atoms with E-state index in [1.165, 1.54) is 4.52 Å². The number of nitrogens with zero attached hydrogens (tertiary/aromatic N) is 6. The van der Waals surface area contributed by atoms with Gasteiger partial charge in [-0.15, -0.1) is 5.10 Å². The van der Waals surface area contributed by atoms with Gasteiger partial charge in [0, 0.05) is 5.70 Å². The number of nitrogen functional groups attached to an aromatic ring is 1. The second-order valence-corrected chi connectivity index (χ2v) is 6.88. The van der Waals surface area contributed by atoms with Crippen molar-refractivity contribution in [2.75, 3.05) is 5.73 Å². The molecule has 5 aromatic rings. The third-order valence-corrected chi connectivity index (χ3v) is 5.16. The number of rotatable bonds is 4. The smallest absolute Gasteiger partial charge is 0.225 e. The van der Waals surface area contributed by atoms with Gasteiger partial charge in [0.05, 0.1) is 17.8 Å². The lowest BCUT2D eigenvalue weighted by Crippen LogP contribution is -2.38. The van der Waals surface area contributed by atoms with Crippen LogP contribution < -0.4 is 11.5 Å². The summed E-state index contributed by atoms with van der Waals surface area (Å²) >= 11 is 0. The number of allylic oxidation sites excluding steroid dienone is 1. The van der Waals surface area contributed by atoms with Crippen LogP contribution in [-0.4, -0.2) is 29.4 Å². The highest BCUT2D eigenvalue weighted by Gasteiger charge is 2.34. The van der Waals surface area contributed by atoms with Gasteiger partial charge in [-0.2, -0.15) is 14.6 Å². The van der Waals surface area contributed by atoms with Gasteiger partial charge in [-0.25, -0.2) is 9.67 Å². The molecule has 1 atom stereocenters. The Bertz CT molecular complexity index is 1350. The van der Waals surface area contributed by atoms with Crippen LogP contribution in [0.4, 0.5) is 5.95 Å². The fourth-order valence-electron chi connectivity index (χ4n) is 3.45. The van der Waals surface area contributed by atoms with Crippen LogP contribution in [0.15, 0.2) is 71.6 Å². The third-order valence-electron chi connectivity index (χ3n) is 5.16.